The van der Waals surface area contributed by atoms with Gasteiger partial charge in [0.1, 0.15) is 0 Å². The first kappa shape index (κ1) is 17.6. The number of halogens is 1. The topological polar surface area (TPSA) is 64.6 Å². The SMILES string of the molecule is O=C(CNc1ccccc1N1CCC(O)CC1)Nc1ccccc1Cl. The maximum Gasteiger partial charge on any atom is 0.243 e. The van der Waals surface area contributed by atoms with E-state index in [1.807, 2.05) is 36.4 Å². The van der Waals surface area contributed by atoms with Gasteiger partial charge in [0.25, 0.3) is 0 Å². The quantitative estimate of drug-likeness (QED) is 0.766. The Labute approximate surface area is 152 Å². The molecule has 3 N–H and O–H groups in total. The van der Waals surface area contributed by atoms with Crippen molar-refractivity contribution in [3.05, 3.63) is 53.6 Å². The minimum Gasteiger partial charge on any atom is -0.393 e. The number of carbonyl (C=O) groups is 1. The molecule has 0 radical (unpaired) electrons. The van der Waals surface area contributed by atoms with Gasteiger partial charge in [0.15, 0.2) is 0 Å². The molecule has 0 aromatic heterocycles. The van der Waals surface area contributed by atoms with Gasteiger partial charge in [-0.25, -0.2) is 0 Å². The molecule has 2 aromatic rings. The van der Waals surface area contributed by atoms with Gasteiger partial charge in [-0.2, -0.15) is 0 Å². The number of nitrogens with one attached hydrogen (secondary N) is 2. The van der Waals surface area contributed by atoms with Crippen LogP contribution >= 0.6 is 11.6 Å². The largest absolute Gasteiger partial charge is 0.393 e. The second kappa shape index (κ2) is 8.23. The molecule has 0 spiro atoms. The van der Waals surface area contributed by atoms with Crippen molar-refractivity contribution in [2.24, 2.45) is 0 Å². The number of carbonyl (C=O) groups excluding carboxylic acids is 1. The number of para-hydroxylation sites is 3. The van der Waals surface area contributed by atoms with E-state index in [0.717, 1.165) is 37.3 Å². The molecule has 2 aromatic carbocycles. The van der Waals surface area contributed by atoms with Gasteiger partial charge in [-0.15, -0.1) is 0 Å². The summed E-state index contributed by atoms with van der Waals surface area (Å²) in [6.07, 6.45) is 1.32. The number of anilines is 3. The standard InChI is InChI=1S/C19H22ClN3O2/c20-15-5-1-2-6-16(15)22-19(25)13-21-17-7-3-4-8-18(17)23-11-9-14(24)10-12-23/h1-8,14,21,24H,9-13H2,(H,22,25). The van der Waals surface area contributed by atoms with Crippen LogP contribution in [-0.2, 0) is 4.79 Å². The van der Waals surface area contributed by atoms with Gasteiger partial charge < -0.3 is 20.6 Å². The predicted octanol–water partition coefficient (Wildman–Crippen LogP) is 3.35. The number of rotatable bonds is 5. The van der Waals surface area contributed by atoms with Gasteiger partial charge >= 0.3 is 0 Å². The first-order valence-corrected chi connectivity index (χ1v) is 8.81. The lowest BCUT2D eigenvalue weighted by molar-refractivity contribution is -0.114. The molecule has 1 aliphatic rings. The third-order valence-electron chi connectivity index (χ3n) is 4.30. The Balaban J connectivity index is 1.61. The molecule has 1 amide bonds. The summed E-state index contributed by atoms with van der Waals surface area (Å²) in [6.45, 7) is 1.77. The third kappa shape index (κ3) is 4.65. The monoisotopic (exact) mass is 359 g/mol. The van der Waals surface area contributed by atoms with Crippen molar-refractivity contribution in [2.75, 3.05) is 35.2 Å². The summed E-state index contributed by atoms with van der Waals surface area (Å²) in [6, 6.07) is 15.1. The highest BCUT2D eigenvalue weighted by Gasteiger charge is 2.19. The minimum atomic E-state index is -0.210. The Kier molecular flexibility index (Phi) is 5.79. The molecule has 1 aliphatic heterocycles. The van der Waals surface area contributed by atoms with Crippen LogP contribution < -0.4 is 15.5 Å². The van der Waals surface area contributed by atoms with Crippen LogP contribution in [0.15, 0.2) is 48.5 Å². The lowest BCUT2D eigenvalue weighted by atomic mass is 10.1. The first-order chi connectivity index (χ1) is 12.1. The van der Waals surface area contributed by atoms with Crippen LogP contribution in [0.25, 0.3) is 0 Å². The van der Waals surface area contributed by atoms with Gasteiger partial charge in [0, 0.05) is 13.1 Å². The summed E-state index contributed by atoms with van der Waals surface area (Å²) in [5.41, 5.74) is 2.57. The second-order valence-corrected chi connectivity index (χ2v) is 6.52. The van der Waals surface area contributed by atoms with Crippen LogP contribution in [0.3, 0.4) is 0 Å². The van der Waals surface area contributed by atoms with Gasteiger partial charge in [-0.3, -0.25) is 4.79 Å². The number of hydrogen-bond donors (Lipinski definition) is 3. The van der Waals surface area contributed by atoms with E-state index < -0.39 is 0 Å². The van der Waals surface area contributed by atoms with Crippen LogP contribution in [0.5, 0.6) is 0 Å². The molecule has 3 rings (SSSR count). The van der Waals surface area contributed by atoms with Crippen LogP contribution in [0.4, 0.5) is 17.1 Å². The molecular weight excluding hydrogens is 338 g/mol. The maximum atomic E-state index is 12.2. The lowest BCUT2D eigenvalue weighted by Gasteiger charge is -2.32. The normalized spacial score (nSPS) is 15.0. The van der Waals surface area contributed by atoms with Crippen molar-refractivity contribution in [1.29, 1.82) is 0 Å². The summed E-state index contributed by atoms with van der Waals surface area (Å²) in [5.74, 6) is -0.156. The van der Waals surface area contributed by atoms with Gasteiger partial charge in [0.05, 0.1) is 34.7 Å². The van der Waals surface area contributed by atoms with E-state index in [1.165, 1.54) is 0 Å². The van der Waals surface area contributed by atoms with Gasteiger partial charge in [-0.05, 0) is 37.1 Å². The fourth-order valence-corrected chi connectivity index (χ4v) is 3.12. The van der Waals surface area contributed by atoms with E-state index in [-0.39, 0.29) is 18.6 Å². The van der Waals surface area contributed by atoms with Crippen molar-refractivity contribution >= 4 is 34.6 Å². The summed E-state index contributed by atoms with van der Waals surface area (Å²) in [5, 5.41) is 16.2. The second-order valence-electron chi connectivity index (χ2n) is 6.12. The number of aliphatic hydroxyl groups is 1. The molecule has 0 saturated carbocycles. The minimum absolute atomic E-state index is 0.151. The number of hydrogen-bond acceptors (Lipinski definition) is 4. The summed E-state index contributed by atoms with van der Waals surface area (Å²) in [7, 11) is 0. The molecule has 1 saturated heterocycles. The zero-order valence-electron chi connectivity index (χ0n) is 13.9. The van der Waals surface area contributed by atoms with Crippen LogP contribution in [0, 0.1) is 0 Å². The van der Waals surface area contributed by atoms with Gasteiger partial charge in [0.2, 0.25) is 5.91 Å². The zero-order chi connectivity index (χ0) is 17.6. The number of amides is 1. The van der Waals surface area contributed by atoms with Crippen LogP contribution in [-0.4, -0.2) is 36.8 Å². The van der Waals surface area contributed by atoms with E-state index in [1.54, 1.807) is 12.1 Å². The third-order valence-corrected chi connectivity index (χ3v) is 4.63. The maximum absolute atomic E-state index is 12.2. The average Bonchev–Trinajstić information content (AvgIpc) is 2.63. The van der Waals surface area contributed by atoms with Crippen molar-refractivity contribution in [2.45, 2.75) is 18.9 Å². The molecule has 0 bridgehead atoms. The Morgan fingerprint density at radius 1 is 1.08 bits per heavy atom. The van der Waals surface area contributed by atoms with Crippen molar-refractivity contribution in [3.8, 4) is 0 Å². The molecule has 0 atom stereocenters. The van der Waals surface area contributed by atoms with Crippen LogP contribution in [0.2, 0.25) is 5.02 Å². The van der Waals surface area contributed by atoms with Crippen molar-refractivity contribution in [3.63, 3.8) is 0 Å². The highest BCUT2D eigenvalue weighted by atomic mass is 35.5. The number of piperidine rings is 1. The molecule has 0 unspecified atom stereocenters. The van der Waals surface area contributed by atoms with Crippen molar-refractivity contribution < 1.29 is 9.90 Å². The Morgan fingerprint density at radius 2 is 1.72 bits per heavy atom. The molecule has 25 heavy (non-hydrogen) atoms. The first-order valence-electron chi connectivity index (χ1n) is 8.44. The lowest BCUT2D eigenvalue weighted by Crippen LogP contribution is -2.36. The van der Waals surface area contributed by atoms with E-state index in [0.29, 0.717) is 10.7 Å². The smallest absolute Gasteiger partial charge is 0.243 e. The molecule has 132 valence electrons. The summed E-state index contributed by atoms with van der Waals surface area (Å²) in [4.78, 5) is 14.4. The van der Waals surface area contributed by atoms with Crippen LogP contribution in [0.1, 0.15) is 12.8 Å². The molecule has 1 fully saturated rings. The highest BCUT2D eigenvalue weighted by molar-refractivity contribution is 6.33. The number of aliphatic hydroxyl groups excluding tert-OH is 1. The van der Waals surface area contributed by atoms with E-state index >= 15 is 0 Å². The van der Waals surface area contributed by atoms with Gasteiger partial charge in [-0.1, -0.05) is 35.9 Å². The molecule has 0 aliphatic carbocycles. The van der Waals surface area contributed by atoms with E-state index in [9.17, 15) is 9.90 Å². The Hall–Kier alpha value is -2.24. The summed E-state index contributed by atoms with van der Waals surface area (Å²) < 4.78 is 0. The zero-order valence-corrected chi connectivity index (χ0v) is 14.7. The summed E-state index contributed by atoms with van der Waals surface area (Å²) >= 11 is 6.06. The number of nitrogens with zero attached hydrogens (tertiary/aromatic N) is 1. The molecule has 6 heteroatoms. The number of benzene rings is 2. The fourth-order valence-electron chi connectivity index (χ4n) is 2.94. The van der Waals surface area contributed by atoms with Crippen molar-refractivity contribution in [1.82, 2.24) is 0 Å². The van der Waals surface area contributed by atoms with E-state index in [2.05, 4.69) is 15.5 Å². The predicted molar refractivity (Wildman–Crippen MR) is 102 cm³/mol. The molecule has 1 heterocycles. The fraction of sp³-hybridized carbons (Fsp3) is 0.316. The Bertz CT molecular complexity index is 730. The van der Waals surface area contributed by atoms with E-state index in [4.69, 9.17) is 11.6 Å². The molecule has 5 nitrogen and oxygen atoms in total. The highest BCUT2D eigenvalue weighted by Crippen LogP contribution is 2.28. The molecular formula is C19H22ClN3O2. The average molecular weight is 360 g/mol. The Morgan fingerprint density at radius 3 is 2.44 bits per heavy atom.